The second-order valence-corrected chi connectivity index (χ2v) is 6.32. The van der Waals surface area contributed by atoms with Crippen molar-refractivity contribution in [2.75, 3.05) is 0 Å². The maximum atomic E-state index is 9.84. The van der Waals surface area contributed by atoms with Gasteiger partial charge in [0.25, 0.3) is 0 Å². The minimum absolute atomic E-state index is 0.436. The minimum Gasteiger partial charge on any atom is -0.377 e. The molecule has 0 amide bonds. The van der Waals surface area contributed by atoms with Crippen LogP contribution in [0, 0.1) is 5.92 Å². The Labute approximate surface area is 100 Å². The van der Waals surface area contributed by atoms with E-state index in [0.717, 1.165) is 5.57 Å². The summed E-state index contributed by atoms with van der Waals surface area (Å²) in [6, 6.07) is 0. The molecule has 1 heterocycles. The second kappa shape index (κ2) is 5.83. The molecular weight excluding hydrogens is 224 g/mol. The molecule has 0 aliphatic carbocycles. The summed E-state index contributed by atoms with van der Waals surface area (Å²) in [6.45, 7) is 10.2. The van der Waals surface area contributed by atoms with Gasteiger partial charge in [-0.25, -0.2) is 0 Å². The zero-order chi connectivity index (χ0) is 11.4. The van der Waals surface area contributed by atoms with Crippen molar-refractivity contribution >= 4 is 21.6 Å². The average molecular weight is 242 g/mol. The Balaban J connectivity index is 3.13. The number of aliphatic hydroxyl groups excluding tert-OH is 1. The molecule has 0 radical (unpaired) electrons. The zero-order valence-electron chi connectivity index (χ0n) is 9.43. The van der Waals surface area contributed by atoms with Crippen LogP contribution in [0.2, 0.25) is 0 Å². The molecule has 2 atom stereocenters. The molecule has 3 heteroatoms. The van der Waals surface area contributed by atoms with Crippen molar-refractivity contribution in [3.8, 4) is 0 Å². The molecule has 0 fully saturated rings. The lowest BCUT2D eigenvalue weighted by Crippen LogP contribution is -2.22. The first-order chi connectivity index (χ1) is 7.11. The van der Waals surface area contributed by atoms with Crippen molar-refractivity contribution in [2.45, 2.75) is 31.5 Å². The third-order valence-corrected chi connectivity index (χ3v) is 5.38. The molecule has 0 saturated heterocycles. The SMILES string of the molecule is C=CC1=C(/C=C\C)C(C(C)C)SSC1O. The maximum absolute atomic E-state index is 9.84. The number of aliphatic hydroxyl groups is 1. The normalized spacial score (nSPS) is 27.8. The van der Waals surface area contributed by atoms with Crippen molar-refractivity contribution in [1.29, 1.82) is 0 Å². The lowest BCUT2D eigenvalue weighted by Gasteiger charge is -2.30. The Morgan fingerprint density at radius 1 is 1.33 bits per heavy atom. The van der Waals surface area contributed by atoms with Gasteiger partial charge in [0.05, 0.1) is 0 Å². The smallest absolute Gasteiger partial charge is 0.135 e. The Hall–Kier alpha value is -0.120. The molecule has 0 aromatic heterocycles. The lowest BCUT2D eigenvalue weighted by atomic mass is 9.97. The van der Waals surface area contributed by atoms with Gasteiger partial charge in [-0.3, -0.25) is 0 Å². The van der Waals surface area contributed by atoms with Gasteiger partial charge >= 0.3 is 0 Å². The summed E-state index contributed by atoms with van der Waals surface area (Å²) in [5.74, 6) is 0.566. The monoisotopic (exact) mass is 242 g/mol. The summed E-state index contributed by atoms with van der Waals surface area (Å²) in [5, 5.41) is 10.3. The Kier molecular flexibility index (Phi) is 5.03. The van der Waals surface area contributed by atoms with Crippen LogP contribution in [-0.4, -0.2) is 15.8 Å². The fourth-order valence-electron chi connectivity index (χ4n) is 1.58. The molecule has 1 aliphatic heterocycles. The van der Waals surface area contributed by atoms with Gasteiger partial charge < -0.3 is 5.11 Å². The van der Waals surface area contributed by atoms with Gasteiger partial charge in [-0.05, 0) is 24.0 Å². The fraction of sp³-hybridized carbons (Fsp3) is 0.500. The summed E-state index contributed by atoms with van der Waals surface area (Å²) in [7, 11) is 3.28. The topological polar surface area (TPSA) is 20.2 Å². The predicted octanol–water partition coefficient (Wildman–Crippen LogP) is 3.78. The molecule has 0 aromatic rings. The first kappa shape index (κ1) is 12.9. The highest BCUT2D eigenvalue weighted by Crippen LogP contribution is 2.46. The lowest BCUT2D eigenvalue weighted by molar-refractivity contribution is 0.301. The van der Waals surface area contributed by atoms with Crippen LogP contribution < -0.4 is 0 Å². The van der Waals surface area contributed by atoms with Crippen molar-refractivity contribution in [3.05, 3.63) is 36.0 Å². The van der Waals surface area contributed by atoms with Crippen LogP contribution in [0.3, 0.4) is 0 Å². The fourth-order valence-corrected chi connectivity index (χ4v) is 4.65. The van der Waals surface area contributed by atoms with Crippen molar-refractivity contribution < 1.29 is 5.11 Å². The Morgan fingerprint density at radius 3 is 2.47 bits per heavy atom. The molecule has 84 valence electrons. The number of rotatable bonds is 3. The van der Waals surface area contributed by atoms with E-state index in [9.17, 15) is 5.11 Å². The Morgan fingerprint density at radius 2 is 2.00 bits per heavy atom. The van der Waals surface area contributed by atoms with Crippen LogP contribution in [0.25, 0.3) is 0 Å². The maximum Gasteiger partial charge on any atom is 0.135 e. The zero-order valence-corrected chi connectivity index (χ0v) is 11.1. The van der Waals surface area contributed by atoms with E-state index in [0.29, 0.717) is 11.2 Å². The van der Waals surface area contributed by atoms with Crippen LogP contribution in [0.15, 0.2) is 36.0 Å². The highest BCUT2D eigenvalue weighted by atomic mass is 33.1. The summed E-state index contributed by atoms with van der Waals surface area (Å²) in [5.41, 5.74) is 1.75. The van der Waals surface area contributed by atoms with Crippen LogP contribution in [0.5, 0.6) is 0 Å². The van der Waals surface area contributed by atoms with Crippen LogP contribution >= 0.6 is 21.6 Å². The molecular formula is C12H18OS2. The molecule has 0 spiro atoms. The van der Waals surface area contributed by atoms with Gasteiger partial charge in [-0.15, -0.1) is 0 Å². The molecule has 15 heavy (non-hydrogen) atoms. The highest BCUT2D eigenvalue weighted by molar-refractivity contribution is 8.77. The van der Waals surface area contributed by atoms with E-state index >= 15 is 0 Å². The number of hydrogen-bond donors (Lipinski definition) is 1. The number of allylic oxidation sites excluding steroid dienone is 2. The molecule has 0 bridgehead atoms. The van der Waals surface area contributed by atoms with Crippen molar-refractivity contribution in [2.24, 2.45) is 5.92 Å². The number of hydrogen-bond acceptors (Lipinski definition) is 3. The van der Waals surface area contributed by atoms with Crippen LogP contribution in [0.4, 0.5) is 0 Å². The highest BCUT2D eigenvalue weighted by Gasteiger charge is 2.28. The largest absolute Gasteiger partial charge is 0.377 e. The van der Waals surface area contributed by atoms with E-state index in [1.807, 2.05) is 13.0 Å². The van der Waals surface area contributed by atoms with Gasteiger partial charge in [-0.1, -0.05) is 60.2 Å². The van der Waals surface area contributed by atoms with Gasteiger partial charge in [0.15, 0.2) is 0 Å². The molecule has 2 unspecified atom stereocenters. The predicted molar refractivity (Wildman–Crippen MR) is 71.9 cm³/mol. The first-order valence-electron chi connectivity index (χ1n) is 5.11. The third kappa shape index (κ3) is 2.92. The molecule has 0 aromatic carbocycles. The molecule has 1 rings (SSSR count). The third-order valence-electron chi connectivity index (χ3n) is 2.33. The summed E-state index contributed by atoms with van der Waals surface area (Å²) in [6.07, 6.45) is 5.90. The summed E-state index contributed by atoms with van der Waals surface area (Å²) >= 11 is 0. The average Bonchev–Trinajstić information content (AvgIpc) is 2.18. The van der Waals surface area contributed by atoms with Crippen LogP contribution in [0.1, 0.15) is 20.8 Å². The van der Waals surface area contributed by atoms with E-state index in [1.54, 1.807) is 16.9 Å². The van der Waals surface area contributed by atoms with Gasteiger partial charge in [0, 0.05) is 5.25 Å². The first-order valence-corrected chi connectivity index (χ1v) is 7.38. The minimum atomic E-state index is -0.436. The van der Waals surface area contributed by atoms with Crippen LogP contribution in [-0.2, 0) is 0 Å². The molecule has 0 saturated carbocycles. The Bertz CT molecular complexity index is 292. The van der Waals surface area contributed by atoms with E-state index in [1.165, 1.54) is 16.4 Å². The van der Waals surface area contributed by atoms with Gasteiger partial charge in [0.2, 0.25) is 0 Å². The van der Waals surface area contributed by atoms with Gasteiger partial charge in [0.1, 0.15) is 5.44 Å². The molecule has 1 N–H and O–H groups in total. The van der Waals surface area contributed by atoms with E-state index in [4.69, 9.17) is 0 Å². The quantitative estimate of drug-likeness (QED) is 0.761. The molecule has 1 aliphatic rings. The summed E-state index contributed by atoms with van der Waals surface area (Å²) < 4.78 is 0. The van der Waals surface area contributed by atoms with E-state index < -0.39 is 5.44 Å². The van der Waals surface area contributed by atoms with E-state index in [2.05, 4.69) is 26.5 Å². The molecule has 1 nitrogen and oxygen atoms in total. The standard InChI is InChI=1S/C12H18OS2/c1-5-7-10-9(6-2)12(13)15-14-11(10)8(3)4/h5-8,11-13H,2H2,1,3-4H3/b7-5-. The van der Waals surface area contributed by atoms with Gasteiger partial charge in [-0.2, -0.15) is 0 Å². The second-order valence-electron chi connectivity index (χ2n) is 3.82. The van der Waals surface area contributed by atoms with Crippen molar-refractivity contribution in [1.82, 2.24) is 0 Å². The van der Waals surface area contributed by atoms with Crippen molar-refractivity contribution in [3.63, 3.8) is 0 Å². The van der Waals surface area contributed by atoms with E-state index in [-0.39, 0.29) is 0 Å². The summed E-state index contributed by atoms with van der Waals surface area (Å²) in [4.78, 5) is 0.